The standard InChI is InChI=1S/C15H20N6O.ClH/c16-10-14-3-1-2-8-20(14)15(22)9-12-4-6-13(7-5-12)21-11-17-18-19-21;/h4-7,11,14H,1-3,8-10,16H2;1H. The maximum atomic E-state index is 12.5. The highest BCUT2D eigenvalue weighted by atomic mass is 35.5. The summed E-state index contributed by atoms with van der Waals surface area (Å²) in [5.74, 6) is 0.158. The normalized spacial score (nSPS) is 17.6. The van der Waals surface area contributed by atoms with Gasteiger partial charge in [-0.25, -0.2) is 4.68 Å². The van der Waals surface area contributed by atoms with Crippen molar-refractivity contribution in [2.75, 3.05) is 13.1 Å². The van der Waals surface area contributed by atoms with Gasteiger partial charge in [-0.3, -0.25) is 4.79 Å². The van der Waals surface area contributed by atoms with Crippen molar-refractivity contribution in [2.45, 2.75) is 31.7 Å². The minimum Gasteiger partial charge on any atom is -0.338 e. The predicted molar refractivity (Wildman–Crippen MR) is 88.5 cm³/mol. The highest BCUT2D eigenvalue weighted by molar-refractivity contribution is 5.85. The number of hydrogen-bond acceptors (Lipinski definition) is 5. The SMILES string of the molecule is Cl.NCC1CCCCN1C(=O)Cc1ccc(-n2cnnn2)cc1. The molecule has 1 amide bonds. The van der Waals surface area contributed by atoms with Crippen LogP contribution in [-0.2, 0) is 11.2 Å². The number of likely N-dealkylation sites (tertiary alicyclic amines) is 1. The van der Waals surface area contributed by atoms with E-state index in [9.17, 15) is 4.79 Å². The smallest absolute Gasteiger partial charge is 0.227 e. The van der Waals surface area contributed by atoms with E-state index < -0.39 is 0 Å². The Labute approximate surface area is 141 Å². The zero-order valence-corrected chi connectivity index (χ0v) is 13.7. The van der Waals surface area contributed by atoms with E-state index in [-0.39, 0.29) is 24.4 Å². The average Bonchev–Trinajstić information content (AvgIpc) is 3.10. The fourth-order valence-corrected chi connectivity index (χ4v) is 2.90. The lowest BCUT2D eigenvalue weighted by atomic mass is 10.0. The minimum absolute atomic E-state index is 0. The lowest BCUT2D eigenvalue weighted by Gasteiger charge is -2.35. The molecule has 2 N–H and O–H groups in total. The van der Waals surface area contributed by atoms with E-state index in [4.69, 9.17) is 5.73 Å². The van der Waals surface area contributed by atoms with Crippen molar-refractivity contribution >= 4 is 18.3 Å². The van der Waals surface area contributed by atoms with E-state index in [0.29, 0.717) is 13.0 Å². The fourth-order valence-electron chi connectivity index (χ4n) is 2.90. The molecule has 1 aliphatic rings. The van der Waals surface area contributed by atoms with Crippen LogP contribution in [0.4, 0.5) is 0 Å². The van der Waals surface area contributed by atoms with Crippen LogP contribution in [0, 0.1) is 0 Å². The van der Waals surface area contributed by atoms with Crippen molar-refractivity contribution in [2.24, 2.45) is 5.73 Å². The van der Waals surface area contributed by atoms with Crippen LogP contribution in [0.1, 0.15) is 24.8 Å². The number of halogens is 1. The third-order valence-corrected chi connectivity index (χ3v) is 4.12. The second kappa shape index (κ2) is 8.03. The minimum atomic E-state index is 0. The van der Waals surface area contributed by atoms with Crippen molar-refractivity contribution in [3.8, 4) is 5.69 Å². The summed E-state index contributed by atoms with van der Waals surface area (Å²) < 4.78 is 1.58. The zero-order valence-electron chi connectivity index (χ0n) is 12.8. The molecule has 0 spiro atoms. The third-order valence-electron chi connectivity index (χ3n) is 4.12. The number of amides is 1. The summed E-state index contributed by atoms with van der Waals surface area (Å²) in [6.07, 6.45) is 5.19. The van der Waals surface area contributed by atoms with Gasteiger partial charge in [0.05, 0.1) is 12.1 Å². The molecule has 8 heteroatoms. The van der Waals surface area contributed by atoms with Gasteiger partial charge < -0.3 is 10.6 Å². The second-order valence-corrected chi connectivity index (χ2v) is 5.57. The van der Waals surface area contributed by atoms with Crippen LogP contribution in [0.2, 0.25) is 0 Å². The van der Waals surface area contributed by atoms with Crippen LogP contribution in [0.25, 0.3) is 5.69 Å². The van der Waals surface area contributed by atoms with Crippen molar-refractivity contribution in [3.63, 3.8) is 0 Å². The molecule has 1 unspecified atom stereocenters. The Hall–Kier alpha value is -1.99. The van der Waals surface area contributed by atoms with E-state index in [1.165, 1.54) is 0 Å². The van der Waals surface area contributed by atoms with E-state index in [2.05, 4.69) is 15.5 Å². The number of carbonyl (C=O) groups excluding carboxylic acids is 1. The van der Waals surface area contributed by atoms with Gasteiger partial charge >= 0.3 is 0 Å². The number of piperidine rings is 1. The summed E-state index contributed by atoms with van der Waals surface area (Å²) in [6, 6.07) is 7.90. The molecule has 1 atom stereocenters. The third kappa shape index (κ3) is 4.05. The Morgan fingerprint density at radius 2 is 2.04 bits per heavy atom. The molecule has 0 saturated carbocycles. The zero-order chi connectivity index (χ0) is 15.4. The topological polar surface area (TPSA) is 89.9 Å². The Bertz CT molecular complexity index is 615. The van der Waals surface area contributed by atoms with Crippen LogP contribution in [-0.4, -0.2) is 50.1 Å². The first kappa shape index (κ1) is 17.4. The number of hydrogen-bond donors (Lipinski definition) is 1. The van der Waals surface area contributed by atoms with Crippen molar-refractivity contribution in [1.29, 1.82) is 0 Å². The number of tetrazole rings is 1. The summed E-state index contributed by atoms with van der Waals surface area (Å²) in [5, 5.41) is 11.1. The molecule has 2 aromatic rings. The molecule has 1 saturated heterocycles. The number of aromatic nitrogens is 4. The maximum Gasteiger partial charge on any atom is 0.227 e. The van der Waals surface area contributed by atoms with Crippen LogP contribution < -0.4 is 5.73 Å². The van der Waals surface area contributed by atoms with Crippen LogP contribution in [0.3, 0.4) is 0 Å². The van der Waals surface area contributed by atoms with Crippen LogP contribution in [0.15, 0.2) is 30.6 Å². The molecule has 2 heterocycles. The summed E-state index contributed by atoms with van der Waals surface area (Å²) in [7, 11) is 0. The number of nitrogens with two attached hydrogens (primary N) is 1. The molecule has 7 nitrogen and oxygen atoms in total. The number of nitrogens with zero attached hydrogens (tertiary/aromatic N) is 5. The van der Waals surface area contributed by atoms with Crippen molar-refractivity contribution in [3.05, 3.63) is 36.2 Å². The van der Waals surface area contributed by atoms with Gasteiger partial charge in [-0.1, -0.05) is 12.1 Å². The predicted octanol–water partition coefficient (Wildman–Crippen LogP) is 0.966. The first-order valence-electron chi connectivity index (χ1n) is 7.60. The number of rotatable bonds is 4. The Morgan fingerprint density at radius 1 is 1.26 bits per heavy atom. The average molecular weight is 337 g/mol. The maximum absolute atomic E-state index is 12.5. The monoisotopic (exact) mass is 336 g/mol. The summed E-state index contributed by atoms with van der Waals surface area (Å²) in [6.45, 7) is 1.37. The molecule has 1 aromatic carbocycles. The first-order valence-corrected chi connectivity index (χ1v) is 7.60. The van der Waals surface area contributed by atoms with Gasteiger partial charge in [-0.15, -0.1) is 17.5 Å². The quantitative estimate of drug-likeness (QED) is 0.898. The van der Waals surface area contributed by atoms with E-state index in [1.807, 2.05) is 29.2 Å². The van der Waals surface area contributed by atoms with E-state index >= 15 is 0 Å². The van der Waals surface area contributed by atoms with E-state index in [0.717, 1.165) is 37.1 Å². The molecule has 1 aromatic heterocycles. The van der Waals surface area contributed by atoms with E-state index in [1.54, 1.807) is 11.0 Å². The highest BCUT2D eigenvalue weighted by Crippen LogP contribution is 2.18. The number of benzene rings is 1. The van der Waals surface area contributed by atoms with Crippen molar-refractivity contribution < 1.29 is 4.79 Å². The molecule has 23 heavy (non-hydrogen) atoms. The number of carbonyl (C=O) groups is 1. The molecular formula is C15H21ClN6O. The molecule has 124 valence electrons. The Balaban J connectivity index is 0.00000192. The fraction of sp³-hybridized carbons (Fsp3) is 0.467. The first-order chi connectivity index (χ1) is 10.8. The Morgan fingerprint density at radius 3 is 2.70 bits per heavy atom. The van der Waals surface area contributed by atoms with Crippen LogP contribution in [0.5, 0.6) is 0 Å². The van der Waals surface area contributed by atoms with Gasteiger partial charge in [0.1, 0.15) is 6.33 Å². The van der Waals surface area contributed by atoms with Gasteiger partial charge in [0, 0.05) is 19.1 Å². The molecule has 0 radical (unpaired) electrons. The van der Waals surface area contributed by atoms with Crippen molar-refractivity contribution in [1.82, 2.24) is 25.1 Å². The molecule has 0 bridgehead atoms. The molecule has 3 rings (SSSR count). The largest absolute Gasteiger partial charge is 0.338 e. The van der Waals surface area contributed by atoms with Crippen LogP contribution >= 0.6 is 12.4 Å². The highest BCUT2D eigenvalue weighted by Gasteiger charge is 2.25. The van der Waals surface area contributed by atoms with Gasteiger partial charge in [0.2, 0.25) is 5.91 Å². The summed E-state index contributed by atoms with van der Waals surface area (Å²) >= 11 is 0. The van der Waals surface area contributed by atoms with Gasteiger partial charge in [-0.05, 0) is 47.4 Å². The summed E-state index contributed by atoms with van der Waals surface area (Å²) in [4.78, 5) is 14.4. The molecule has 1 fully saturated rings. The lowest BCUT2D eigenvalue weighted by Crippen LogP contribution is -2.48. The lowest BCUT2D eigenvalue weighted by molar-refractivity contribution is -0.133. The van der Waals surface area contributed by atoms with Gasteiger partial charge in [-0.2, -0.15) is 0 Å². The Kier molecular flexibility index (Phi) is 6.06. The molecule has 1 aliphatic heterocycles. The molecule has 0 aliphatic carbocycles. The van der Waals surface area contributed by atoms with Gasteiger partial charge in [0.25, 0.3) is 0 Å². The molecular weight excluding hydrogens is 316 g/mol. The summed E-state index contributed by atoms with van der Waals surface area (Å²) in [5.41, 5.74) is 7.65. The van der Waals surface area contributed by atoms with Gasteiger partial charge in [0.15, 0.2) is 0 Å². The second-order valence-electron chi connectivity index (χ2n) is 5.57.